The van der Waals surface area contributed by atoms with Gasteiger partial charge >= 0.3 is 0 Å². The van der Waals surface area contributed by atoms with Crippen LogP contribution < -0.4 is 22.5 Å². The van der Waals surface area contributed by atoms with E-state index in [0.717, 1.165) is 0 Å². The second kappa shape index (κ2) is 10.8. The Kier molecular flexibility index (Phi) is 9.92. The molecule has 0 radical (unpaired) electrons. The van der Waals surface area contributed by atoms with Crippen molar-refractivity contribution in [2.75, 3.05) is 37.6 Å². The molecule has 0 aliphatic carbocycles. The molecule has 1 aromatic rings. The zero-order chi connectivity index (χ0) is 17.1. The quantitative estimate of drug-likeness (QED) is 0.256. The number of rotatable bonds is 5. The summed E-state index contributed by atoms with van der Waals surface area (Å²) in [6, 6.07) is 0. The van der Waals surface area contributed by atoms with E-state index >= 15 is 0 Å². The van der Waals surface area contributed by atoms with Crippen LogP contribution in [0.25, 0.3) is 0 Å². The third-order valence-corrected chi connectivity index (χ3v) is 2.36. The minimum atomic E-state index is -0.672. The highest BCUT2D eigenvalue weighted by Crippen LogP contribution is 2.16. The molecule has 1 amide bonds. The van der Waals surface area contributed by atoms with Crippen molar-refractivity contribution in [1.82, 2.24) is 15.3 Å². The van der Waals surface area contributed by atoms with Gasteiger partial charge in [-0.3, -0.25) is 15.1 Å². The monoisotopic (exact) mass is 351 g/mol. The smallest absolute Gasteiger partial charge is 0.280 e. The Bertz CT molecular complexity index is 525. The summed E-state index contributed by atoms with van der Waals surface area (Å²) >= 11 is 10.3. The number of nitrogens with zero attached hydrogens (tertiary/aromatic N) is 3. The second-order valence-corrected chi connectivity index (χ2v) is 3.91. The van der Waals surface area contributed by atoms with E-state index in [2.05, 4.69) is 31.9 Å². The first kappa shape index (κ1) is 20.2. The van der Waals surface area contributed by atoms with E-state index in [1.54, 1.807) is 0 Å². The number of ether oxygens (including phenoxy) is 1. The number of nitrogen functional groups attached to an aromatic ring is 2. The Morgan fingerprint density at radius 3 is 2.55 bits per heavy atom. The highest BCUT2D eigenvalue weighted by Gasteiger charge is 2.16. The van der Waals surface area contributed by atoms with Crippen LogP contribution in [0.2, 0.25) is 5.15 Å². The van der Waals surface area contributed by atoms with Crippen LogP contribution in [0.15, 0.2) is 4.99 Å². The lowest BCUT2D eigenvalue weighted by Crippen LogP contribution is -2.38. The number of carbonyl (C=O) groups is 1. The lowest BCUT2D eigenvalue weighted by Gasteiger charge is -2.07. The van der Waals surface area contributed by atoms with E-state index in [1.807, 2.05) is 6.92 Å². The molecule has 1 aromatic heterocycles. The van der Waals surface area contributed by atoms with Crippen molar-refractivity contribution in [2.45, 2.75) is 6.92 Å². The molecule has 0 bridgehead atoms. The van der Waals surface area contributed by atoms with Crippen molar-refractivity contribution in [2.24, 2.45) is 10.7 Å². The molecule has 22 heavy (non-hydrogen) atoms. The third kappa shape index (κ3) is 6.74. The minimum absolute atomic E-state index is 0.0564. The number of carbonyl (C=O) groups excluding carboxylic acids is 1. The van der Waals surface area contributed by atoms with E-state index < -0.39 is 5.91 Å². The van der Waals surface area contributed by atoms with Gasteiger partial charge in [-0.2, -0.15) is 0 Å². The van der Waals surface area contributed by atoms with Crippen LogP contribution >= 0.6 is 23.2 Å². The van der Waals surface area contributed by atoms with Gasteiger partial charge in [-0.15, -0.1) is 11.6 Å². The van der Waals surface area contributed by atoms with Crippen molar-refractivity contribution >= 4 is 46.7 Å². The van der Waals surface area contributed by atoms with Crippen LogP contribution in [0.1, 0.15) is 17.4 Å². The van der Waals surface area contributed by atoms with Crippen LogP contribution in [-0.4, -0.2) is 48.0 Å². The number of anilines is 2. The lowest BCUT2D eigenvalue weighted by molar-refractivity contribution is 0.0972. The Morgan fingerprint density at radius 2 is 1.95 bits per heavy atom. The maximum absolute atomic E-state index is 11.8. The predicted molar refractivity (Wildman–Crippen MR) is 88.1 cm³/mol. The zero-order valence-corrected chi connectivity index (χ0v) is 13.8. The number of alkyl halides is 1. The van der Waals surface area contributed by atoms with E-state index in [-0.39, 0.29) is 28.4 Å². The van der Waals surface area contributed by atoms with Crippen molar-refractivity contribution in [3.8, 4) is 0 Å². The highest BCUT2D eigenvalue weighted by molar-refractivity contribution is 6.31. The van der Waals surface area contributed by atoms with Gasteiger partial charge in [0, 0.05) is 13.0 Å². The first-order chi connectivity index (χ1) is 10.5. The van der Waals surface area contributed by atoms with Gasteiger partial charge in [-0.25, -0.2) is 9.97 Å². The van der Waals surface area contributed by atoms with Crippen LogP contribution in [0, 0.1) is 0 Å². The van der Waals surface area contributed by atoms with Crippen molar-refractivity contribution in [1.29, 1.82) is 0 Å². The summed E-state index contributed by atoms with van der Waals surface area (Å²) in [5.74, 6) is -0.955. The maximum Gasteiger partial charge on any atom is 0.280 e. The zero-order valence-electron chi connectivity index (χ0n) is 12.3. The summed E-state index contributed by atoms with van der Waals surface area (Å²) in [4.78, 5) is 23.2. The van der Waals surface area contributed by atoms with E-state index in [4.69, 9.17) is 33.5 Å². The highest BCUT2D eigenvalue weighted by atomic mass is 35.5. The third-order valence-electron chi connectivity index (χ3n) is 2.08. The number of hydrogen-bond donors (Lipinski definition) is 4. The van der Waals surface area contributed by atoms with Crippen molar-refractivity contribution < 1.29 is 9.53 Å². The second-order valence-electron chi connectivity index (χ2n) is 3.55. The van der Waals surface area contributed by atoms with Gasteiger partial charge in [-0.05, 0) is 6.92 Å². The predicted octanol–water partition coefficient (Wildman–Crippen LogP) is 0.230. The minimum Gasteiger partial charge on any atom is -0.382 e. The largest absolute Gasteiger partial charge is 0.382 e. The maximum atomic E-state index is 11.8. The van der Waals surface area contributed by atoms with Gasteiger partial charge in [0.2, 0.25) is 0 Å². The standard InChI is InChI=1S/C10H16ClN7O2.CH3Cl/c1-2-20-4-3-15-10(14)18-9(19)5-7(12)17-8(13)6(11)16-5;1-2/h2-4H2,1H3,(H4,12,13,17)(H3,14,15,18,19);1H3. The molecular formula is C11H19Cl2N7O2. The molecule has 0 spiro atoms. The normalized spacial score (nSPS) is 10.6. The molecule has 124 valence electrons. The summed E-state index contributed by atoms with van der Waals surface area (Å²) in [5.41, 5.74) is 16.3. The van der Waals surface area contributed by atoms with Gasteiger partial charge in [0.1, 0.15) is 0 Å². The van der Waals surface area contributed by atoms with Crippen molar-refractivity contribution in [3.05, 3.63) is 10.8 Å². The van der Waals surface area contributed by atoms with Gasteiger partial charge in [0.25, 0.3) is 5.91 Å². The molecule has 1 rings (SSSR count). The Morgan fingerprint density at radius 1 is 1.32 bits per heavy atom. The molecule has 9 nitrogen and oxygen atoms in total. The molecule has 0 unspecified atom stereocenters. The molecule has 0 saturated heterocycles. The number of aromatic nitrogens is 2. The fourth-order valence-electron chi connectivity index (χ4n) is 1.20. The number of nitrogens with one attached hydrogen (secondary N) is 1. The molecule has 0 aromatic carbocycles. The molecule has 0 fully saturated rings. The average molecular weight is 352 g/mol. The number of halogens is 2. The van der Waals surface area contributed by atoms with Crippen LogP contribution in [0.4, 0.5) is 11.6 Å². The topological polar surface area (TPSA) is 155 Å². The number of aliphatic imine (C=N–C) groups is 1. The van der Waals surface area contributed by atoms with Crippen LogP contribution in [-0.2, 0) is 4.74 Å². The van der Waals surface area contributed by atoms with Gasteiger partial charge in [0.15, 0.2) is 28.4 Å². The van der Waals surface area contributed by atoms with Crippen LogP contribution in [0.5, 0.6) is 0 Å². The SMILES string of the molecule is CCOCCN=C(N)NC(=O)c1nc(Cl)c(N)nc1N.CCl. The van der Waals surface area contributed by atoms with E-state index in [1.165, 1.54) is 6.38 Å². The lowest BCUT2D eigenvalue weighted by atomic mass is 10.4. The molecular weight excluding hydrogens is 333 g/mol. The molecule has 11 heteroatoms. The fourth-order valence-corrected chi connectivity index (χ4v) is 1.33. The molecule has 0 aliphatic rings. The Balaban J connectivity index is 0.00000211. The molecule has 7 N–H and O–H groups in total. The average Bonchev–Trinajstić information content (AvgIpc) is 2.49. The Hall–Kier alpha value is -1.84. The van der Waals surface area contributed by atoms with Gasteiger partial charge in [-0.1, -0.05) is 11.6 Å². The summed E-state index contributed by atoms with van der Waals surface area (Å²) < 4.78 is 5.07. The van der Waals surface area contributed by atoms with E-state index in [9.17, 15) is 4.79 Å². The van der Waals surface area contributed by atoms with Crippen molar-refractivity contribution in [3.63, 3.8) is 0 Å². The molecule has 1 heterocycles. The summed E-state index contributed by atoms with van der Waals surface area (Å²) in [5, 5.41) is 2.20. The summed E-state index contributed by atoms with van der Waals surface area (Å²) in [6.07, 6.45) is 1.47. The number of hydrogen-bond acceptors (Lipinski definition) is 7. The first-order valence-corrected chi connectivity index (χ1v) is 7.24. The van der Waals surface area contributed by atoms with Gasteiger partial charge in [0.05, 0.1) is 13.2 Å². The summed E-state index contributed by atoms with van der Waals surface area (Å²) in [7, 11) is 0. The number of guanidine groups is 1. The Labute approximate surface area is 138 Å². The van der Waals surface area contributed by atoms with Gasteiger partial charge < -0.3 is 21.9 Å². The fraction of sp³-hybridized carbons (Fsp3) is 0.455. The number of nitrogens with two attached hydrogens (primary N) is 3. The molecule has 0 saturated carbocycles. The van der Waals surface area contributed by atoms with Crippen LogP contribution in [0.3, 0.4) is 0 Å². The molecule has 0 aliphatic heterocycles. The summed E-state index contributed by atoms with van der Waals surface area (Å²) in [6.45, 7) is 3.17. The first-order valence-electron chi connectivity index (χ1n) is 6.11. The number of amides is 1. The molecule has 0 atom stereocenters. The van der Waals surface area contributed by atoms with E-state index in [0.29, 0.717) is 19.8 Å².